The summed E-state index contributed by atoms with van der Waals surface area (Å²) >= 11 is 0. The second-order valence-corrected chi connectivity index (χ2v) is 6.99. The van der Waals surface area contributed by atoms with E-state index in [1.165, 1.54) is 13.4 Å². The molecule has 1 N–H and O–H groups in total. The van der Waals surface area contributed by atoms with E-state index < -0.39 is 24.1 Å². The van der Waals surface area contributed by atoms with Gasteiger partial charge < -0.3 is 14.3 Å². The van der Waals surface area contributed by atoms with Crippen molar-refractivity contribution in [2.24, 2.45) is 0 Å². The second kappa shape index (κ2) is 7.83. The van der Waals surface area contributed by atoms with Gasteiger partial charge in [-0.3, -0.25) is 9.69 Å². The van der Waals surface area contributed by atoms with Crippen LogP contribution in [0.1, 0.15) is 29.3 Å². The van der Waals surface area contributed by atoms with Crippen LogP contribution in [0.5, 0.6) is 0 Å². The summed E-state index contributed by atoms with van der Waals surface area (Å²) in [5.41, 5.74) is 3.98. The summed E-state index contributed by atoms with van der Waals surface area (Å²) in [6, 6.07) is 18.2. The van der Waals surface area contributed by atoms with E-state index in [1.54, 1.807) is 17.0 Å². The van der Waals surface area contributed by atoms with E-state index >= 15 is 0 Å². The number of carboxylic acid groups (broad SMARTS) is 1. The van der Waals surface area contributed by atoms with Gasteiger partial charge in [0, 0.05) is 6.42 Å². The van der Waals surface area contributed by atoms with Crippen LogP contribution in [0.2, 0.25) is 0 Å². The van der Waals surface area contributed by atoms with Crippen molar-refractivity contribution >= 4 is 12.1 Å². The molecule has 0 radical (unpaired) electrons. The first-order valence-corrected chi connectivity index (χ1v) is 9.39. The molecule has 1 aliphatic rings. The first-order chi connectivity index (χ1) is 14.1. The predicted octanol–water partition coefficient (Wildman–Crippen LogP) is 4.50. The van der Waals surface area contributed by atoms with Crippen molar-refractivity contribution in [2.75, 3.05) is 7.11 Å². The molecule has 1 aromatic heterocycles. The van der Waals surface area contributed by atoms with E-state index in [-0.39, 0.29) is 12.8 Å². The van der Waals surface area contributed by atoms with Crippen molar-refractivity contribution in [2.45, 2.75) is 24.9 Å². The maximum absolute atomic E-state index is 13.0. The SMILES string of the molecule is COC(=O)N(C(CC(=O)O)Cc1ccco1)C1c2ccccc2-c2ccccc21. The highest BCUT2D eigenvalue weighted by molar-refractivity contribution is 5.81. The number of methoxy groups -OCH3 is 1. The highest BCUT2D eigenvalue weighted by Gasteiger charge is 2.40. The van der Waals surface area contributed by atoms with Crippen LogP contribution in [0.4, 0.5) is 4.79 Å². The molecule has 6 nitrogen and oxygen atoms in total. The third kappa shape index (κ3) is 3.49. The molecule has 0 saturated heterocycles. The number of nitrogens with zero attached hydrogens (tertiary/aromatic N) is 1. The van der Waals surface area contributed by atoms with Gasteiger partial charge in [-0.25, -0.2) is 4.79 Å². The van der Waals surface area contributed by atoms with Gasteiger partial charge in [-0.1, -0.05) is 48.5 Å². The van der Waals surface area contributed by atoms with Crippen LogP contribution in [-0.2, 0) is 16.0 Å². The minimum absolute atomic E-state index is 0.226. The highest BCUT2D eigenvalue weighted by Crippen LogP contribution is 2.47. The van der Waals surface area contributed by atoms with E-state index in [9.17, 15) is 14.7 Å². The number of benzene rings is 2. The summed E-state index contributed by atoms with van der Waals surface area (Å²) in [4.78, 5) is 26.1. The van der Waals surface area contributed by atoms with Gasteiger partial charge in [-0.15, -0.1) is 0 Å². The Hall–Kier alpha value is -3.54. The molecule has 0 bridgehead atoms. The van der Waals surface area contributed by atoms with E-state index in [2.05, 4.69) is 0 Å². The van der Waals surface area contributed by atoms with Gasteiger partial charge in [0.25, 0.3) is 0 Å². The average molecular weight is 391 g/mol. The van der Waals surface area contributed by atoms with E-state index in [0.717, 1.165) is 22.3 Å². The molecule has 4 rings (SSSR count). The molecule has 1 atom stereocenters. The molecule has 6 heteroatoms. The summed E-state index contributed by atoms with van der Waals surface area (Å²) in [6.45, 7) is 0. The number of aliphatic carboxylic acids is 1. The standard InChI is InChI=1S/C23H21NO5/c1-28-23(27)24(15(14-21(25)26)13-16-7-6-12-29-16)22-19-10-4-2-8-17(19)18-9-3-5-11-20(18)22/h2-12,15,22H,13-14H2,1H3,(H,25,26). The molecule has 0 fully saturated rings. The van der Waals surface area contributed by atoms with Crippen LogP contribution >= 0.6 is 0 Å². The maximum Gasteiger partial charge on any atom is 0.410 e. The van der Waals surface area contributed by atoms with Gasteiger partial charge in [0.2, 0.25) is 0 Å². The summed E-state index contributed by atoms with van der Waals surface area (Å²) < 4.78 is 10.5. The smallest absolute Gasteiger partial charge is 0.410 e. The first kappa shape index (κ1) is 18.8. The van der Waals surface area contributed by atoms with Gasteiger partial charge in [0.05, 0.1) is 31.9 Å². The molecular weight excluding hydrogens is 370 g/mol. The van der Waals surface area contributed by atoms with Crippen LogP contribution in [0.3, 0.4) is 0 Å². The lowest BCUT2D eigenvalue weighted by atomic mass is 9.98. The quantitative estimate of drug-likeness (QED) is 0.669. The Morgan fingerprint density at radius 3 is 2.17 bits per heavy atom. The summed E-state index contributed by atoms with van der Waals surface area (Å²) in [5, 5.41) is 9.54. The Labute approximate surface area is 168 Å². The van der Waals surface area contributed by atoms with Crippen molar-refractivity contribution in [1.29, 1.82) is 0 Å². The number of amides is 1. The lowest BCUT2D eigenvalue weighted by Crippen LogP contribution is -2.45. The van der Waals surface area contributed by atoms with Crippen molar-refractivity contribution in [1.82, 2.24) is 4.90 Å². The Morgan fingerprint density at radius 2 is 1.66 bits per heavy atom. The number of carbonyl (C=O) groups excluding carboxylic acids is 1. The van der Waals surface area contributed by atoms with Crippen molar-refractivity contribution < 1.29 is 23.8 Å². The van der Waals surface area contributed by atoms with Gasteiger partial charge in [-0.2, -0.15) is 0 Å². The molecule has 1 amide bonds. The first-order valence-electron chi connectivity index (χ1n) is 9.39. The molecule has 2 aromatic carbocycles. The highest BCUT2D eigenvalue weighted by atomic mass is 16.5. The van der Waals surface area contributed by atoms with Crippen LogP contribution in [0, 0.1) is 0 Å². The van der Waals surface area contributed by atoms with Crippen LogP contribution in [0.25, 0.3) is 11.1 Å². The molecule has 0 aliphatic heterocycles. The number of carboxylic acids is 1. The van der Waals surface area contributed by atoms with Crippen LogP contribution < -0.4 is 0 Å². The zero-order chi connectivity index (χ0) is 20.4. The monoisotopic (exact) mass is 391 g/mol. The zero-order valence-electron chi connectivity index (χ0n) is 15.9. The summed E-state index contributed by atoms with van der Waals surface area (Å²) in [5.74, 6) is -0.375. The number of carbonyl (C=O) groups is 2. The number of hydrogen-bond donors (Lipinski definition) is 1. The lowest BCUT2D eigenvalue weighted by Gasteiger charge is -2.35. The van der Waals surface area contributed by atoms with Gasteiger partial charge in [0.15, 0.2) is 0 Å². The lowest BCUT2D eigenvalue weighted by molar-refractivity contribution is -0.138. The van der Waals surface area contributed by atoms with Crippen molar-refractivity contribution in [3.05, 3.63) is 83.8 Å². The van der Waals surface area contributed by atoms with Gasteiger partial charge in [-0.05, 0) is 34.4 Å². The zero-order valence-corrected chi connectivity index (χ0v) is 15.9. The third-order valence-electron chi connectivity index (χ3n) is 5.29. The minimum atomic E-state index is -0.991. The number of furan rings is 1. The molecular formula is C23H21NO5. The van der Waals surface area contributed by atoms with Crippen molar-refractivity contribution in [3.8, 4) is 11.1 Å². The largest absolute Gasteiger partial charge is 0.481 e. The molecule has 0 spiro atoms. The van der Waals surface area contributed by atoms with E-state index in [4.69, 9.17) is 9.15 Å². The minimum Gasteiger partial charge on any atom is -0.481 e. The average Bonchev–Trinajstić information content (AvgIpc) is 3.34. The maximum atomic E-state index is 13.0. The second-order valence-electron chi connectivity index (χ2n) is 6.99. The molecule has 0 saturated carbocycles. The molecule has 3 aromatic rings. The summed E-state index contributed by atoms with van der Waals surface area (Å²) in [6.07, 6.45) is 1.01. The molecule has 29 heavy (non-hydrogen) atoms. The normalized spacial score (nSPS) is 13.4. The van der Waals surface area contributed by atoms with E-state index in [0.29, 0.717) is 5.76 Å². The number of hydrogen-bond acceptors (Lipinski definition) is 4. The van der Waals surface area contributed by atoms with Crippen LogP contribution in [-0.4, -0.2) is 35.2 Å². The fraction of sp³-hybridized carbons (Fsp3) is 0.217. The Kier molecular flexibility index (Phi) is 5.08. The number of fused-ring (bicyclic) bond motifs is 3. The summed E-state index contributed by atoms with van der Waals surface area (Å²) in [7, 11) is 1.31. The fourth-order valence-corrected chi connectivity index (χ4v) is 4.13. The van der Waals surface area contributed by atoms with Gasteiger partial charge in [0.1, 0.15) is 5.76 Å². The van der Waals surface area contributed by atoms with Crippen molar-refractivity contribution in [3.63, 3.8) is 0 Å². The van der Waals surface area contributed by atoms with Crippen LogP contribution in [0.15, 0.2) is 71.3 Å². The van der Waals surface area contributed by atoms with Gasteiger partial charge >= 0.3 is 12.1 Å². The molecule has 148 valence electrons. The topological polar surface area (TPSA) is 80.0 Å². The molecule has 1 unspecified atom stereocenters. The Balaban J connectivity index is 1.84. The molecule has 1 heterocycles. The fourth-order valence-electron chi connectivity index (χ4n) is 4.13. The number of ether oxygens (including phenoxy) is 1. The van der Waals surface area contributed by atoms with E-state index in [1.807, 2.05) is 48.5 Å². The predicted molar refractivity (Wildman–Crippen MR) is 106 cm³/mol. The Morgan fingerprint density at radius 1 is 1.03 bits per heavy atom. The molecule has 1 aliphatic carbocycles. The third-order valence-corrected chi connectivity index (χ3v) is 5.29. The Bertz CT molecular complexity index is 982. The number of rotatable bonds is 6.